The highest BCUT2D eigenvalue weighted by Gasteiger charge is 2.23. The van der Waals surface area contributed by atoms with Crippen molar-refractivity contribution < 1.29 is 23.5 Å². The molecule has 2 heterocycles. The highest BCUT2D eigenvalue weighted by molar-refractivity contribution is 6.02. The lowest BCUT2D eigenvalue weighted by atomic mass is 10.1. The largest absolute Gasteiger partial charge is 0.459 e. The van der Waals surface area contributed by atoms with Crippen molar-refractivity contribution in [3.63, 3.8) is 0 Å². The van der Waals surface area contributed by atoms with Crippen LogP contribution in [-0.4, -0.2) is 36.9 Å². The summed E-state index contributed by atoms with van der Waals surface area (Å²) in [4.78, 5) is 38.2. The van der Waals surface area contributed by atoms with Crippen LogP contribution in [0.4, 0.5) is 11.4 Å². The SMILES string of the molecule is CC(=O)c1ccc(N2CCC(OC(=O)c3ccc(NC(=O)c4ccco4)cc3)CC2)cc1. The van der Waals surface area contributed by atoms with E-state index < -0.39 is 0 Å². The predicted molar refractivity (Wildman–Crippen MR) is 120 cm³/mol. The van der Waals surface area contributed by atoms with E-state index in [9.17, 15) is 14.4 Å². The van der Waals surface area contributed by atoms with E-state index in [-0.39, 0.29) is 29.5 Å². The van der Waals surface area contributed by atoms with Gasteiger partial charge in [-0.3, -0.25) is 9.59 Å². The third-order valence-electron chi connectivity index (χ3n) is 5.48. The Bertz CT molecular complexity index is 1080. The minimum Gasteiger partial charge on any atom is -0.459 e. The van der Waals surface area contributed by atoms with Gasteiger partial charge in [-0.05, 0) is 67.6 Å². The highest BCUT2D eigenvalue weighted by atomic mass is 16.5. The van der Waals surface area contributed by atoms with E-state index >= 15 is 0 Å². The fraction of sp³-hybridized carbons (Fsp3) is 0.240. The Morgan fingerprint density at radius 1 is 0.938 bits per heavy atom. The number of carbonyl (C=O) groups is 3. The lowest BCUT2D eigenvalue weighted by molar-refractivity contribution is 0.0245. The molecule has 0 radical (unpaired) electrons. The van der Waals surface area contributed by atoms with Crippen LogP contribution < -0.4 is 10.2 Å². The van der Waals surface area contributed by atoms with E-state index in [1.54, 1.807) is 43.3 Å². The van der Waals surface area contributed by atoms with Gasteiger partial charge in [-0.15, -0.1) is 0 Å². The van der Waals surface area contributed by atoms with Crippen molar-refractivity contribution in [2.45, 2.75) is 25.9 Å². The summed E-state index contributed by atoms with van der Waals surface area (Å²) in [6, 6.07) is 17.4. The van der Waals surface area contributed by atoms with E-state index in [0.717, 1.165) is 31.6 Å². The number of piperidine rings is 1. The third kappa shape index (κ3) is 5.06. The van der Waals surface area contributed by atoms with Gasteiger partial charge in [0.2, 0.25) is 0 Å². The second-order valence-corrected chi connectivity index (χ2v) is 7.70. The molecule has 7 nitrogen and oxygen atoms in total. The smallest absolute Gasteiger partial charge is 0.338 e. The van der Waals surface area contributed by atoms with Gasteiger partial charge in [-0.25, -0.2) is 4.79 Å². The average Bonchev–Trinajstić information content (AvgIpc) is 3.35. The minimum absolute atomic E-state index is 0.0510. The number of hydrogen-bond acceptors (Lipinski definition) is 6. The van der Waals surface area contributed by atoms with E-state index in [1.807, 2.05) is 24.3 Å². The number of benzene rings is 2. The number of ether oxygens (including phenoxy) is 1. The number of rotatable bonds is 6. The van der Waals surface area contributed by atoms with Crippen LogP contribution in [0.2, 0.25) is 0 Å². The molecule has 0 atom stereocenters. The van der Waals surface area contributed by atoms with Crippen LogP contribution in [-0.2, 0) is 4.74 Å². The zero-order valence-corrected chi connectivity index (χ0v) is 17.7. The van der Waals surface area contributed by atoms with Gasteiger partial charge in [0.05, 0.1) is 11.8 Å². The van der Waals surface area contributed by atoms with E-state index in [1.165, 1.54) is 6.26 Å². The monoisotopic (exact) mass is 432 g/mol. The molecule has 32 heavy (non-hydrogen) atoms. The first-order chi connectivity index (χ1) is 15.5. The van der Waals surface area contributed by atoms with Crippen molar-refractivity contribution in [3.8, 4) is 0 Å². The van der Waals surface area contributed by atoms with Crippen LogP contribution in [0.25, 0.3) is 0 Å². The van der Waals surface area contributed by atoms with Crippen LogP contribution >= 0.6 is 0 Å². The number of hydrogen-bond donors (Lipinski definition) is 1. The summed E-state index contributed by atoms with van der Waals surface area (Å²) < 4.78 is 10.7. The lowest BCUT2D eigenvalue weighted by Gasteiger charge is -2.33. The molecule has 4 rings (SSSR count). The summed E-state index contributed by atoms with van der Waals surface area (Å²) in [6.45, 7) is 3.10. The van der Waals surface area contributed by atoms with E-state index in [0.29, 0.717) is 16.8 Å². The number of ketones is 1. The molecular weight excluding hydrogens is 408 g/mol. The van der Waals surface area contributed by atoms with Crippen LogP contribution in [0.15, 0.2) is 71.3 Å². The Labute approximate surface area is 186 Å². The van der Waals surface area contributed by atoms with Gasteiger partial charge in [0.25, 0.3) is 5.91 Å². The van der Waals surface area contributed by atoms with Crippen molar-refractivity contribution in [2.75, 3.05) is 23.3 Å². The first kappa shape index (κ1) is 21.4. The number of carbonyl (C=O) groups excluding carboxylic acids is 3. The Morgan fingerprint density at radius 2 is 1.59 bits per heavy atom. The molecule has 0 aliphatic carbocycles. The molecule has 1 aromatic heterocycles. The summed E-state index contributed by atoms with van der Waals surface area (Å²) in [5, 5.41) is 2.71. The second-order valence-electron chi connectivity index (χ2n) is 7.70. The zero-order valence-electron chi connectivity index (χ0n) is 17.7. The van der Waals surface area contributed by atoms with Gasteiger partial charge < -0.3 is 19.4 Å². The molecule has 1 fully saturated rings. The third-order valence-corrected chi connectivity index (χ3v) is 5.48. The molecule has 0 spiro atoms. The summed E-state index contributed by atoms with van der Waals surface area (Å²) >= 11 is 0. The lowest BCUT2D eigenvalue weighted by Crippen LogP contribution is -2.37. The average molecular weight is 432 g/mol. The van der Waals surface area contributed by atoms with Gasteiger partial charge >= 0.3 is 5.97 Å². The Morgan fingerprint density at radius 3 is 2.19 bits per heavy atom. The van der Waals surface area contributed by atoms with Gasteiger partial charge in [-0.2, -0.15) is 0 Å². The Balaban J connectivity index is 1.27. The van der Waals surface area contributed by atoms with Crippen LogP contribution in [0, 0.1) is 0 Å². The molecule has 164 valence electrons. The number of esters is 1. The van der Waals surface area contributed by atoms with Crippen LogP contribution in [0.5, 0.6) is 0 Å². The fourth-order valence-corrected chi connectivity index (χ4v) is 3.65. The van der Waals surface area contributed by atoms with Crippen molar-refractivity contribution in [1.29, 1.82) is 0 Å². The molecule has 1 saturated heterocycles. The molecule has 0 bridgehead atoms. The Kier molecular flexibility index (Phi) is 6.35. The predicted octanol–water partition coefficient (Wildman–Crippen LogP) is 4.56. The zero-order chi connectivity index (χ0) is 22.5. The van der Waals surface area contributed by atoms with E-state index in [2.05, 4.69) is 10.2 Å². The van der Waals surface area contributed by atoms with Gasteiger partial charge in [0, 0.05) is 42.9 Å². The molecule has 1 N–H and O–H groups in total. The van der Waals surface area contributed by atoms with Crippen molar-refractivity contribution >= 4 is 29.0 Å². The molecule has 7 heteroatoms. The number of Topliss-reactive ketones (excluding diaryl/α,β-unsaturated/α-hetero) is 1. The van der Waals surface area contributed by atoms with Crippen LogP contribution in [0.3, 0.4) is 0 Å². The van der Waals surface area contributed by atoms with Gasteiger partial charge in [0.15, 0.2) is 11.5 Å². The maximum atomic E-state index is 12.5. The molecule has 2 aromatic carbocycles. The number of furan rings is 1. The maximum absolute atomic E-state index is 12.5. The second kappa shape index (κ2) is 9.51. The van der Waals surface area contributed by atoms with Crippen molar-refractivity contribution in [2.24, 2.45) is 0 Å². The molecule has 3 aromatic rings. The van der Waals surface area contributed by atoms with Crippen molar-refractivity contribution in [1.82, 2.24) is 0 Å². The fourth-order valence-electron chi connectivity index (χ4n) is 3.65. The molecule has 0 saturated carbocycles. The summed E-state index contributed by atoms with van der Waals surface area (Å²) in [6.07, 6.45) is 2.76. The number of nitrogens with one attached hydrogen (secondary N) is 1. The number of amides is 1. The van der Waals surface area contributed by atoms with Gasteiger partial charge in [0.1, 0.15) is 6.10 Å². The van der Waals surface area contributed by atoms with Crippen LogP contribution in [0.1, 0.15) is 51.0 Å². The summed E-state index contributed by atoms with van der Waals surface area (Å²) in [5.74, 6) is -0.462. The van der Waals surface area contributed by atoms with Gasteiger partial charge in [-0.1, -0.05) is 0 Å². The normalized spacial score (nSPS) is 14.1. The summed E-state index contributed by atoms with van der Waals surface area (Å²) in [7, 11) is 0. The number of anilines is 2. The molecule has 1 aliphatic rings. The maximum Gasteiger partial charge on any atom is 0.338 e. The van der Waals surface area contributed by atoms with Crippen molar-refractivity contribution in [3.05, 3.63) is 83.8 Å². The van der Waals surface area contributed by atoms with E-state index in [4.69, 9.17) is 9.15 Å². The topological polar surface area (TPSA) is 88.9 Å². The Hall–Kier alpha value is -3.87. The summed E-state index contributed by atoms with van der Waals surface area (Å²) in [5.41, 5.74) is 2.76. The number of nitrogens with zero attached hydrogens (tertiary/aromatic N) is 1. The standard InChI is InChI=1S/C25H24N2O5/c1-17(28)18-6-10-21(11-7-18)27-14-12-22(13-15-27)32-25(30)19-4-8-20(9-5-19)26-24(29)23-3-2-16-31-23/h2-11,16,22H,12-15H2,1H3,(H,26,29). The first-order valence-electron chi connectivity index (χ1n) is 10.5. The molecular formula is C25H24N2O5. The molecule has 1 aliphatic heterocycles. The minimum atomic E-state index is -0.377. The highest BCUT2D eigenvalue weighted by Crippen LogP contribution is 2.23. The quantitative estimate of drug-likeness (QED) is 0.454. The molecule has 1 amide bonds. The first-order valence-corrected chi connectivity index (χ1v) is 10.5. The molecule has 0 unspecified atom stereocenters.